The Balaban J connectivity index is 2.18. The molecule has 2 aromatic rings. The van der Waals surface area contributed by atoms with E-state index in [9.17, 15) is 0 Å². The van der Waals surface area contributed by atoms with E-state index in [0.29, 0.717) is 6.42 Å². The Bertz CT molecular complexity index is 512. The fourth-order valence-corrected chi connectivity index (χ4v) is 2.49. The molecule has 0 atom stereocenters. The zero-order chi connectivity index (χ0) is 12.3. The summed E-state index contributed by atoms with van der Waals surface area (Å²) in [5.41, 5.74) is 1.04. The van der Waals surface area contributed by atoms with Gasteiger partial charge in [-0.05, 0) is 36.4 Å². The molecule has 1 N–H and O–H groups in total. The minimum Gasteiger partial charge on any atom is -0.369 e. The number of anilines is 1. The lowest BCUT2D eigenvalue weighted by Crippen LogP contribution is -2.06. The number of hydrogen-bond donors (Lipinski definition) is 1. The average molecular weight is 360 g/mol. The van der Waals surface area contributed by atoms with Crippen molar-refractivity contribution in [2.24, 2.45) is 0 Å². The van der Waals surface area contributed by atoms with Crippen LogP contribution in [0.5, 0.6) is 0 Å². The molecular formula is C11H13IN4S. The van der Waals surface area contributed by atoms with Gasteiger partial charge in [-0.2, -0.15) is 0 Å². The molecule has 0 spiro atoms. The first-order valence-corrected chi connectivity index (χ1v) is 7.31. The third kappa shape index (κ3) is 3.35. The highest BCUT2D eigenvalue weighted by Gasteiger charge is 2.06. The molecule has 0 aliphatic heterocycles. The summed E-state index contributed by atoms with van der Waals surface area (Å²) in [4.78, 5) is 13.3. The molecule has 4 nitrogen and oxygen atoms in total. The second-order valence-electron chi connectivity index (χ2n) is 3.55. The minimum atomic E-state index is 0.694. The van der Waals surface area contributed by atoms with Crippen LogP contribution >= 0.6 is 33.9 Å². The van der Waals surface area contributed by atoms with E-state index in [1.54, 1.807) is 11.3 Å². The molecule has 2 rings (SSSR count). The van der Waals surface area contributed by atoms with Crippen molar-refractivity contribution >= 4 is 39.7 Å². The van der Waals surface area contributed by atoms with Gasteiger partial charge in [-0.25, -0.2) is 15.0 Å². The second-order valence-corrected chi connectivity index (χ2v) is 5.77. The van der Waals surface area contributed by atoms with E-state index >= 15 is 0 Å². The van der Waals surface area contributed by atoms with Gasteiger partial charge in [0.1, 0.15) is 11.6 Å². The lowest BCUT2D eigenvalue weighted by atomic mass is 10.3. The highest BCUT2D eigenvalue weighted by atomic mass is 127. The molecule has 0 radical (unpaired) electrons. The molecule has 0 aliphatic carbocycles. The van der Waals surface area contributed by atoms with Crippen molar-refractivity contribution in [2.45, 2.75) is 20.3 Å². The van der Waals surface area contributed by atoms with E-state index in [-0.39, 0.29) is 0 Å². The van der Waals surface area contributed by atoms with Gasteiger partial charge in [0.15, 0.2) is 0 Å². The normalized spacial score (nSPS) is 10.5. The summed E-state index contributed by atoms with van der Waals surface area (Å²) in [6, 6.07) is 0. The number of rotatable bonds is 4. The highest BCUT2D eigenvalue weighted by molar-refractivity contribution is 14.1. The Morgan fingerprint density at radius 2 is 2.24 bits per heavy atom. The Kier molecular flexibility index (Phi) is 4.27. The number of aryl methyl sites for hydroxylation is 1. The quantitative estimate of drug-likeness (QED) is 0.852. The summed E-state index contributed by atoms with van der Waals surface area (Å²) in [6.45, 7) is 4.93. The molecule has 0 bridgehead atoms. The number of aromatic nitrogens is 3. The standard InChI is InChI=1S/C11H13IN4S/c1-3-13-11-9(12)5-14-10(16-11)4-8-6-17-7(2)15-8/h5-6H,3-4H2,1-2H3,(H,13,14,16). The summed E-state index contributed by atoms with van der Waals surface area (Å²) in [5, 5.41) is 6.37. The number of nitrogens with one attached hydrogen (secondary N) is 1. The van der Waals surface area contributed by atoms with Crippen LogP contribution in [0.25, 0.3) is 0 Å². The van der Waals surface area contributed by atoms with Crippen LogP contribution < -0.4 is 5.32 Å². The Morgan fingerprint density at radius 3 is 2.88 bits per heavy atom. The van der Waals surface area contributed by atoms with Gasteiger partial charge in [0.2, 0.25) is 0 Å². The third-order valence-electron chi connectivity index (χ3n) is 2.14. The molecule has 0 aromatic carbocycles. The lowest BCUT2D eigenvalue weighted by molar-refractivity contribution is 0.931. The van der Waals surface area contributed by atoms with Gasteiger partial charge in [-0.15, -0.1) is 11.3 Å². The third-order valence-corrected chi connectivity index (χ3v) is 3.76. The molecular weight excluding hydrogens is 347 g/mol. The fourth-order valence-electron chi connectivity index (χ4n) is 1.43. The molecule has 0 amide bonds. The Labute approximate surface area is 118 Å². The predicted molar refractivity (Wildman–Crippen MR) is 78.6 cm³/mol. The summed E-state index contributed by atoms with van der Waals surface area (Å²) in [5.74, 6) is 1.72. The van der Waals surface area contributed by atoms with Gasteiger partial charge in [0.25, 0.3) is 0 Å². The van der Waals surface area contributed by atoms with Crippen LogP contribution in [-0.4, -0.2) is 21.5 Å². The van der Waals surface area contributed by atoms with Crippen molar-refractivity contribution in [3.8, 4) is 0 Å². The van der Waals surface area contributed by atoms with Crippen LogP contribution in [0.2, 0.25) is 0 Å². The van der Waals surface area contributed by atoms with Crippen molar-refractivity contribution < 1.29 is 0 Å². The molecule has 0 unspecified atom stereocenters. The lowest BCUT2D eigenvalue weighted by Gasteiger charge is -2.06. The summed E-state index contributed by atoms with van der Waals surface area (Å²) >= 11 is 3.89. The SMILES string of the molecule is CCNc1nc(Cc2csc(C)n2)ncc1I. The van der Waals surface area contributed by atoms with Crippen molar-refractivity contribution in [1.29, 1.82) is 0 Å². The first-order valence-electron chi connectivity index (χ1n) is 5.35. The van der Waals surface area contributed by atoms with E-state index < -0.39 is 0 Å². The first kappa shape index (κ1) is 12.7. The zero-order valence-corrected chi connectivity index (χ0v) is 12.7. The molecule has 0 fully saturated rings. The van der Waals surface area contributed by atoms with E-state index in [1.807, 2.05) is 13.1 Å². The van der Waals surface area contributed by atoms with Crippen LogP contribution in [0, 0.1) is 10.5 Å². The van der Waals surface area contributed by atoms with E-state index in [0.717, 1.165) is 32.5 Å². The maximum absolute atomic E-state index is 4.50. The van der Waals surface area contributed by atoms with E-state index in [2.05, 4.69) is 55.2 Å². The summed E-state index contributed by atoms with van der Waals surface area (Å²) < 4.78 is 1.04. The Hall–Kier alpha value is -0.760. The van der Waals surface area contributed by atoms with Gasteiger partial charge < -0.3 is 5.32 Å². The van der Waals surface area contributed by atoms with E-state index in [1.165, 1.54) is 0 Å². The van der Waals surface area contributed by atoms with Crippen molar-refractivity contribution in [2.75, 3.05) is 11.9 Å². The molecule has 6 heteroatoms. The topological polar surface area (TPSA) is 50.7 Å². The minimum absolute atomic E-state index is 0.694. The van der Waals surface area contributed by atoms with Crippen molar-refractivity contribution in [3.63, 3.8) is 0 Å². The number of thiazole rings is 1. The van der Waals surface area contributed by atoms with Gasteiger partial charge >= 0.3 is 0 Å². The summed E-state index contributed by atoms with van der Waals surface area (Å²) in [6.07, 6.45) is 2.54. The summed E-state index contributed by atoms with van der Waals surface area (Å²) in [7, 11) is 0. The molecule has 0 saturated heterocycles. The largest absolute Gasteiger partial charge is 0.369 e. The molecule has 90 valence electrons. The maximum atomic E-state index is 4.50. The Morgan fingerprint density at radius 1 is 1.41 bits per heavy atom. The number of nitrogens with zero attached hydrogens (tertiary/aromatic N) is 3. The monoisotopic (exact) mass is 360 g/mol. The molecule has 0 saturated carbocycles. The number of halogens is 1. The molecule has 2 aromatic heterocycles. The van der Waals surface area contributed by atoms with Gasteiger partial charge in [-0.1, -0.05) is 0 Å². The second kappa shape index (κ2) is 5.72. The van der Waals surface area contributed by atoms with Gasteiger partial charge in [0, 0.05) is 18.1 Å². The van der Waals surface area contributed by atoms with Gasteiger partial charge in [0.05, 0.1) is 20.7 Å². The van der Waals surface area contributed by atoms with Crippen LogP contribution in [-0.2, 0) is 6.42 Å². The first-order chi connectivity index (χ1) is 8.19. The number of hydrogen-bond acceptors (Lipinski definition) is 5. The van der Waals surface area contributed by atoms with Crippen LogP contribution in [0.4, 0.5) is 5.82 Å². The van der Waals surface area contributed by atoms with Crippen LogP contribution in [0.3, 0.4) is 0 Å². The van der Waals surface area contributed by atoms with Crippen molar-refractivity contribution in [3.05, 3.63) is 31.7 Å². The average Bonchev–Trinajstić information content (AvgIpc) is 2.69. The van der Waals surface area contributed by atoms with Crippen LogP contribution in [0.1, 0.15) is 23.4 Å². The molecule has 2 heterocycles. The van der Waals surface area contributed by atoms with E-state index in [4.69, 9.17) is 0 Å². The fraction of sp³-hybridized carbons (Fsp3) is 0.364. The molecule has 17 heavy (non-hydrogen) atoms. The highest BCUT2D eigenvalue weighted by Crippen LogP contribution is 2.16. The van der Waals surface area contributed by atoms with Crippen LogP contribution in [0.15, 0.2) is 11.6 Å². The zero-order valence-electron chi connectivity index (χ0n) is 9.70. The van der Waals surface area contributed by atoms with Crippen molar-refractivity contribution in [1.82, 2.24) is 15.0 Å². The van der Waals surface area contributed by atoms with Gasteiger partial charge in [-0.3, -0.25) is 0 Å². The molecule has 0 aliphatic rings. The predicted octanol–water partition coefficient (Wildman–Crippen LogP) is 2.87. The maximum Gasteiger partial charge on any atom is 0.143 e. The smallest absolute Gasteiger partial charge is 0.143 e.